The van der Waals surface area contributed by atoms with Crippen LogP contribution < -0.4 is 0 Å². The average molecular weight is 334 g/mol. The summed E-state index contributed by atoms with van der Waals surface area (Å²) in [6.45, 7) is 4.15. The minimum atomic E-state index is 0.268. The summed E-state index contributed by atoms with van der Waals surface area (Å²) in [4.78, 5) is 2.49. The molecule has 1 heterocycles. The van der Waals surface area contributed by atoms with Gasteiger partial charge in [0, 0.05) is 24.8 Å². The van der Waals surface area contributed by atoms with E-state index >= 15 is 0 Å². The lowest BCUT2D eigenvalue weighted by molar-refractivity contribution is 0.228. The number of rotatable bonds is 8. The maximum Gasteiger partial charge on any atom is 0.137 e. The van der Waals surface area contributed by atoms with Crippen molar-refractivity contribution >= 4 is 11.6 Å². The lowest BCUT2D eigenvalue weighted by Gasteiger charge is -2.21. The third-order valence-electron chi connectivity index (χ3n) is 4.40. The number of nitrogens with zero attached hydrogens (tertiary/aromatic N) is 3. The van der Waals surface area contributed by atoms with Crippen LogP contribution in [-0.2, 0) is 6.54 Å². The van der Waals surface area contributed by atoms with Crippen LogP contribution in [0.2, 0.25) is 5.15 Å². The van der Waals surface area contributed by atoms with Crippen molar-refractivity contribution in [3.05, 3.63) is 46.7 Å². The van der Waals surface area contributed by atoms with Crippen LogP contribution in [0.5, 0.6) is 0 Å². The summed E-state index contributed by atoms with van der Waals surface area (Å²) in [5.41, 5.74) is 3.10. The Bertz CT molecular complexity index is 637. The molecule has 0 atom stereocenters. The van der Waals surface area contributed by atoms with Gasteiger partial charge in [-0.05, 0) is 51.3 Å². The number of para-hydroxylation sites is 1. The SMILES string of the molecule is Cc1nn(-c2ccccc2)c(Cl)c1CN(CCCCO)C1CC1. The highest BCUT2D eigenvalue weighted by Crippen LogP contribution is 2.31. The molecule has 23 heavy (non-hydrogen) atoms. The maximum absolute atomic E-state index is 8.99. The van der Waals surface area contributed by atoms with Gasteiger partial charge in [-0.15, -0.1) is 0 Å². The van der Waals surface area contributed by atoms with Gasteiger partial charge in [0.2, 0.25) is 0 Å². The van der Waals surface area contributed by atoms with Crippen molar-refractivity contribution in [2.24, 2.45) is 0 Å². The van der Waals surface area contributed by atoms with Gasteiger partial charge in [-0.2, -0.15) is 5.10 Å². The van der Waals surface area contributed by atoms with Crippen LogP contribution in [0.3, 0.4) is 0 Å². The van der Waals surface area contributed by atoms with E-state index < -0.39 is 0 Å². The fraction of sp³-hybridized carbons (Fsp3) is 0.500. The van der Waals surface area contributed by atoms with Crippen LogP contribution in [0.4, 0.5) is 0 Å². The predicted octanol–water partition coefficient (Wildman–Crippen LogP) is 3.57. The fourth-order valence-corrected chi connectivity index (χ4v) is 3.24. The van der Waals surface area contributed by atoms with Crippen molar-refractivity contribution < 1.29 is 5.11 Å². The highest BCUT2D eigenvalue weighted by atomic mass is 35.5. The molecule has 3 rings (SSSR count). The first-order valence-corrected chi connectivity index (χ1v) is 8.73. The number of hydrogen-bond acceptors (Lipinski definition) is 3. The van der Waals surface area contributed by atoms with Crippen LogP contribution in [0, 0.1) is 6.92 Å². The molecule has 0 unspecified atom stereocenters. The van der Waals surface area contributed by atoms with E-state index in [1.54, 1.807) is 0 Å². The highest BCUT2D eigenvalue weighted by Gasteiger charge is 2.30. The van der Waals surface area contributed by atoms with Crippen molar-refractivity contribution in [3.63, 3.8) is 0 Å². The van der Waals surface area contributed by atoms with Gasteiger partial charge in [0.25, 0.3) is 0 Å². The zero-order valence-corrected chi connectivity index (χ0v) is 14.3. The number of aliphatic hydroxyl groups is 1. The Morgan fingerprint density at radius 1 is 1.26 bits per heavy atom. The van der Waals surface area contributed by atoms with Crippen LogP contribution in [-0.4, -0.2) is 39.0 Å². The van der Waals surface area contributed by atoms with Crippen molar-refractivity contribution in [2.45, 2.75) is 45.2 Å². The summed E-state index contributed by atoms with van der Waals surface area (Å²) < 4.78 is 1.82. The third kappa shape index (κ3) is 3.94. The molecule has 4 nitrogen and oxygen atoms in total. The van der Waals surface area contributed by atoms with Crippen molar-refractivity contribution in [3.8, 4) is 5.69 Å². The highest BCUT2D eigenvalue weighted by molar-refractivity contribution is 6.30. The smallest absolute Gasteiger partial charge is 0.137 e. The summed E-state index contributed by atoms with van der Waals surface area (Å²) in [6.07, 6.45) is 4.42. The molecular formula is C18H24ClN3O. The molecule has 0 amide bonds. The van der Waals surface area contributed by atoms with Gasteiger partial charge in [-0.1, -0.05) is 29.8 Å². The van der Waals surface area contributed by atoms with E-state index in [0.717, 1.165) is 42.9 Å². The molecule has 0 spiro atoms. The summed E-state index contributed by atoms with van der Waals surface area (Å²) in [6, 6.07) is 10.7. The minimum absolute atomic E-state index is 0.268. The van der Waals surface area contributed by atoms with Gasteiger partial charge in [-0.25, -0.2) is 4.68 Å². The lowest BCUT2D eigenvalue weighted by Crippen LogP contribution is -2.27. The molecule has 1 aromatic carbocycles. The van der Waals surface area contributed by atoms with Gasteiger partial charge >= 0.3 is 0 Å². The summed E-state index contributed by atoms with van der Waals surface area (Å²) in [5.74, 6) is 0. The minimum Gasteiger partial charge on any atom is -0.396 e. The summed E-state index contributed by atoms with van der Waals surface area (Å²) in [5, 5.41) is 14.3. The van der Waals surface area contributed by atoms with E-state index in [1.807, 2.05) is 41.9 Å². The van der Waals surface area contributed by atoms with Crippen molar-refractivity contribution in [1.82, 2.24) is 14.7 Å². The second-order valence-corrected chi connectivity index (χ2v) is 6.59. The van der Waals surface area contributed by atoms with E-state index in [9.17, 15) is 0 Å². The zero-order valence-electron chi connectivity index (χ0n) is 13.6. The topological polar surface area (TPSA) is 41.3 Å². The number of aliphatic hydroxyl groups excluding tert-OH is 1. The Kier molecular flexibility index (Phi) is 5.36. The Morgan fingerprint density at radius 3 is 2.65 bits per heavy atom. The number of benzene rings is 1. The first-order valence-electron chi connectivity index (χ1n) is 8.35. The van der Waals surface area contributed by atoms with Gasteiger partial charge in [-0.3, -0.25) is 4.90 Å². The Hall–Kier alpha value is -1.36. The van der Waals surface area contributed by atoms with Crippen molar-refractivity contribution in [2.75, 3.05) is 13.2 Å². The zero-order chi connectivity index (χ0) is 16.2. The third-order valence-corrected chi connectivity index (χ3v) is 4.79. The normalized spacial score (nSPS) is 14.6. The molecular weight excluding hydrogens is 310 g/mol. The van der Waals surface area contributed by atoms with E-state index in [4.69, 9.17) is 16.7 Å². The molecule has 1 fully saturated rings. The molecule has 1 aliphatic rings. The molecule has 2 aromatic rings. The van der Waals surface area contributed by atoms with E-state index in [1.165, 1.54) is 12.8 Å². The Balaban J connectivity index is 1.78. The van der Waals surface area contributed by atoms with Gasteiger partial charge in [0.1, 0.15) is 5.15 Å². The van der Waals surface area contributed by atoms with Gasteiger partial charge in [0.15, 0.2) is 0 Å². The second kappa shape index (κ2) is 7.47. The second-order valence-electron chi connectivity index (χ2n) is 6.23. The van der Waals surface area contributed by atoms with Gasteiger partial charge < -0.3 is 5.11 Å². The van der Waals surface area contributed by atoms with E-state index in [-0.39, 0.29) is 6.61 Å². The molecule has 1 aromatic heterocycles. The van der Waals surface area contributed by atoms with E-state index in [0.29, 0.717) is 11.2 Å². The predicted molar refractivity (Wildman–Crippen MR) is 93.1 cm³/mol. The molecule has 0 saturated heterocycles. The summed E-state index contributed by atoms with van der Waals surface area (Å²) >= 11 is 6.63. The molecule has 5 heteroatoms. The number of halogens is 1. The molecule has 1 aliphatic carbocycles. The maximum atomic E-state index is 8.99. The first kappa shape index (κ1) is 16.5. The number of aromatic nitrogens is 2. The largest absolute Gasteiger partial charge is 0.396 e. The van der Waals surface area contributed by atoms with E-state index in [2.05, 4.69) is 10.00 Å². The van der Waals surface area contributed by atoms with Crippen molar-refractivity contribution in [1.29, 1.82) is 0 Å². The quantitative estimate of drug-likeness (QED) is 0.751. The lowest BCUT2D eigenvalue weighted by atomic mass is 10.2. The number of aryl methyl sites for hydroxylation is 1. The molecule has 0 bridgehead atoms. The monoisotopic (exact) mass is 333 g/mol. The molecule has 124 valence electrons. The van der Waals surface area contributed by atoms with Gasteiger partial charge in [0.05, 0.1) is 11.4 Å². The Morgan fingerprint density at radius 2 is 2.00 bits per heavy atom. The standard InChI is InChI=1S/C18H24ClN3O/c1-14-17(13-21(15-9-10-15)11-5-6-12-23)18(19)22(20-14)16-7-3-2-4-8-16/h2-4,7-8,15,23H,5-6,9-13H2,1H3. The number of hydrogen-bond donors (Lipinski definition) is 1. The average Bonchev–Trinajstić information content (AvgIpc) is 3.37. The number of unbranched alkanes of at least 4 members (excludes halogenated alkanes) is 1. The molecule has 1 N–H and O–H groups in total. The van der Waals surface area contributed by atoms with Crippen LogP contribution in [0.1, 0.15) is 36.9 Å². The first-order chi connectivity index (χ1) is 11.2. The van der Waals surface area contributed by atoms with Crippen LogP contribution >= 0.6 is 11.6 Å². The Labute approximate surface area is 142 Å². The van der Waals surface area contributed by atoms with Crippen LogP contribution in [0.15, 0.2) is 30.3 Å². The fourth-order valence-electron chi connectivity index (χ4n) is 2.91. The summed E-state index contributed by atoms with van der Waals surface area (Å²) in [7, 11) is 0. The molecule has 1 saturated carbocycles. The molecule has 0 radical (unpaired) electrons. The van der Waals surface area contributed by atoms with Crippen LogP contribution in [0.25, 0.3) is 5.69 Å². The molecule has 0 aliphatic heterocycles.